The molecule has 3 heteroatoms. The van der Waals surface area contributed by atoms with Crippen molar-refractivity contribution < 1.29 is 14.3 Å². The van der Waals surface area contributed by atoms with Crippen LogP contribution in [-0.4, -0.2) is 13.1 Å². The van der Waals surface area contributed by atoms with Gasteiger partial charge in [0, 0.05) is 0 Å². The average molecular weight is 218 g/mol. The molecule has 0 bridgehead atoms. The highest BCUT2D eigenvalue weighted by Gasteiger charge is 2.06. The van der Waals surface area contributed by atoms with Crippen LogP contribution in [0.2, 0.25) is 0 Å². The lowest BCUT2D eigenvalue weighted by molar-refractivity contribution is 0.0662. The number of hydrogen-bond donors (Lipinski definition) is 0. The van der Waals surface area contributed by atoms with Gasteiger partial charge in [-0.25, -0.2) is 4.79 Å². The van der Waals surface area contributed by atoms with Gasteiger partial charge in [-0.05, 0) is 31.2 Å². The average Bonchev–Trinajstić information content (AvgIpc) is 2.28. The minimum absolute atomic E-state index is 0.420. The standard InChI is InChI=1S/C13H14O3/c1-10(2)7-8-16-13(14)11-5-4-6-12(9-11)15-3/h4-9H,1H2,2-3H3/b8-7-. The largest absolute Gasteiger partial charge is 0.497 e. The van der Waals surface area contributed by atoms with Gasteiger partial charge in [-0.3, -0.25) is 0 Å². The Balaban J connectivity index is 2.69. The molecule has 0 heterocycles. The summed E-state index contributed by atoms with van der Waals surface area (Å²) in [6, 6.07) is 6.79. The van der Waals surface area contributed by atoms with E-state index < -0.39 is 5.97 Å². The second-order valence-electron chi connectivity index (χ2n) is 3.29. The maximum absolute atomic E-state index is 11.5. The van der Waals surface area contributed by atoms with Crippen molar-refractivity contribution in [3.8, 4) is 5.75 Å². The number of hydrogen-bond acceptors (Lipinski definition) is 3. The third-order valence-electron chi connectivity index (χ3n) is 1.83. The molecule has 0 radical (unpaired) electrons. The van der Waals surface area contributed by atoms with E-state index in [0.717, 1.165) is 5.57 Å². The molecule has 16 heavy (non-hydrogen) atoms. The fraction of sp³-hybridized carbons (Fsp3) is 0.154. The van der Waals surface area contributed by atoms with Crippen molar-refractivity contribution in [2.75, 3.05) is 7.11 Å². The minimum atomic E-state index is -0.420. The number of allylic oxidation sites excluding steroid dienone is 2. The van der Waals surface area contributed by atoms with Crippen molar-refractivity contribution in [1.82, 2.24) is 0 Å². The fourth-order valence-electron chi connectivity index (χ4n) is 1.03. The molecular formula is C13H14O3. The molecule has 0 atom stereocenters. The molecule has 0 N–H and O–H groups in total. The summed E-state index contributed by atoms with van der Waals surface area (Å²) in [5.41, 5.74) is 1.27. The summed E-state index contributed by atoms with van der Waals surface area (Å²) < 4.78 is 9.91. The molecule has 84 valence electrons. The van der Waals surface area contributed by atoms with E-state index >= 15 is 0 Å². The first-order valence-corrected chi connectivity index (χ1v) is 4.80. The summed E-state index contributed by atoms with van der Waals surface area (Å²) in [5.74, 6) is 0.203. The van der Waals surface area contributed by atoms with E-state index in [2.05, 4.69) is 6.58 Å². The minimum Gasteiger partial charge on any atom is -0.497 e. The van der Waals surface area contributed by atoms with Crippen LogP contribution in [0.3, 0.4) is 0 Å². The van der Waals surface area contributed by atoms with Crippen LogP contribution >= 0.6 is 0 Å². The molecule has 1 aromatic rings. The molecule has 0 spiro atoms. The van der Waals surface area contributed by atoms with Crippen LogP contribution in [0, 0.1) is 0 Å². The van der Waals surface area contributed by atoms with Crippen LogP contribution in [-0.2, 0) is 4.74 Å². The number of esters is 1. The van der Waals surface area contributed by atoms with Gasteiger partial charge < -0.3 is 9.47 Å². The Bertz CT molecular complexity index is 419. The lowest BCUT2D eigenvalue weighted by Gasteiger charge is -2.02. The summed E-state index contributed by atoms with van der Waals surface area (Å²) in [7, 11) is 1.55. The molecule has 0 saturated carbocycles. The van der Waals surface area contributed by atoms with Crippen LogP contribution in [0.4, 0.5) is 0 Å². The van der Waals surface area contributed by atoms with Crippen molar-refractivity contribution in [2.24, 2.45) is 0 Å². The molecule has 0 amide bonds. The second-order valence-corrected chi connectivity index (χ2v) is 3.29. The molecule has 0 aromatic heterocycles. The summed E-state index contributed by atoms with van der Waals surface area (Å²) in [6.45, 7) is 5.47. The molecule has 1 aromatic carbocycles. The zero-order valence-corrected chi connectivity index (χ0v) is 9.40. The molecule has 0 aliphatic carbocycles. The van der Waals surface area contributed by atoms with Crippen LogP contribution in [0.5, 0.6) is 5.75 Å². The Morgan fingerprint density at radius 1 is 1.44 bits per heavy atom. The van der Waals surface area contributed by atoms with Crippen LogP contribution in [0.1, 0.15) is 17.3 Å². The van der Waals surface area contributed by atoms with Crippen molar-refractivity contribution in [1.29, 1.82) is 0 Å². The van der Waals surface area contributed by atoms with E-state index in [9.17, 15) is 4.79 Å². The predicted molar refractivity (Wildman–Crippen MR) is 62.4 cm³/mol. The summed E-state index contributed by atoms with van der Waals surface area (Å²) in [5, 5.41) is 0. The number of carbonyl (C=O) groups is 1. The van der Waals surface area contributed by atoms with Gasteiger partial charge in [-0.15, -0.1) is 0 Å². The van der Waals surface area contributed by atoms with E-state index in [1.54, 1.807) is 37.5 Å². The second kappa shape index (κ2) is 5.75. The van der Waals surface area contributed by atoms with E-state index in [4.69, 9.17) is 9.47 Å². The Morgan fingerprint density at radius 2 is 2.19 bits per heavy atom. The van der Waals surface area contributed by atoms with Gasteiger partial charge in [0.25, 0.3) is 0 Å². The Hall–Kier alpha value is -2.03. The maximum Gasteiger partial charge on any atom is 0.343 e. The normalized spacial score (nSPS) is 10.1. The Labute approximate surface area is 95.0 Å². The third kappa shape index (κ3) is 3.61. The van der Waals surface area contributed by atoms with Crippen molar-refractivity contribution in [2.45, 2.75) is 6.92 Å². The molecule has 0 aliphatic heterocycles. The predicted octanol–water partition coefficient (Wildman–Crippen LogP) is 2.94. The SMILES string of the molecule is C=C(C)/C=C\OC(=O)c1cccc(OC)c1. The maximum atomic E-state index is 11.5. The zero-order chi connectivity index (χ0) is 12.0. The van der Waals surface area contributed by atoms with Gasteiger partial charge in [0.2, 0.25) is 0 Å². The van der Waals surface area contributed by atoms with E-state index in [-0.39, 0.29) is 0 Å². The van der Waals surface area contributed by atoms with Crippen molar-refractivity contribution in [3.05, 3.63) is 54.3 Å². The van der Waals surface area contributed by atoms with Gasteiger partial charge in [0.15, 0.2) is 0 Å². The first-order chi connectivity index (χ1) is 7.63. The Kier molecular flexibility index (Phi) is 4.33. The Morgan fingerprint density at radius 3 is 2.81 bits per heavy atom. The van der Waals surface area contributed by atoms with Crippen LogP contribution < -0.4 is 4.74 Å². The quantitative estimate of drug-likeness (QED) is 0.443. The first-order valence-electron chi connectivity index (χ1n) is 4.80. The fourth-order valence-corrected chi connectivity index (χ4v) is 1.03. The number of benzene rings is 1. The number of methoxy groups -OCH3 is 1. The van der Waals surface area contributed by atoms with E-state index in [1.165, 1.54) is 6.26 Å². The summed E-state index contributed by atoms with van der Waals surface area (Å²) in [4.78, 5) is 11.5. The summed E-state index contributed by atoms with van der Waals surface area (Å²) in [6.07, 6.45) is 2.95. The highest BCUT2D eigenvalue weighted by Crippen LogP contribution is 2.13. The van der Waals surface area contributed by atoms with Gasteiger partial charge >= 0.3 is 5.97 Å². The highest BCUT2D eigenvalue weighted by molar-refractivity contribution is 5.90. The van der Waals surface area contributed by atoms with Crippen molar-refractivity contribution >= 4 is 5.97 Å². The van der Waals surface area contributed by atoms with Gasteiger partial charge in [0.05, 0.1) is 18.9 Å². The summed E-state index contributed by atoms with van der Waals surface area (Å²) >= 11 is 0. The highest BCUT2D eigenvalue weighted by atomic mass is 16.5. The molecule has 0 saturated heterocycles. The van der Waals surface area contributed by atoms with Crippen LogP contribution in [0.15, 0.2) is 48.8 Å². The number of rotatable bonds is 4. The first kappa shape index (κ1) is 12.0. The topological polar surface area (TPSA) is 35.5 Å². The molecular weight excluding hydrogens is 204 g/mol. The molecule has 3 nitrogen and oxygen atoms in total. The van der Waals surface area contributed by atoms with E-state index in [1.807, 2.05) is 6.92 Å². The van der Waals surface area contributed by atoms with E-state index in [0.29, 0.717) is 11.3 Å². The zero-order valence-electron chi connectivity index (χ0n) is 9.40. The monoisotopic (exact) mass is 218 g/mol. The van der Waals surface area contributed by atoms with Gasteiger partial charge in [-0.2, -0.15) is 0 Å². The van der Waals surface area contributed by atoms with Crippen molar-refractivity contribution in [3.63, 3.8) is 0 Å². The number of carbonyl (C=O) groups excluding carboxylic acids is 1. The van der Waals surface area contributed by atoms with Crippen LogP contribution in [0.25, 0.3) is 0 Å². The molecule has 0 aliphatic rings. The van der Waals surface area contributed by atoms with Gasteiger partial charge in [-0.1, -0.05) is 18.2 Å². The molecule has 1 rings (SSSR count). The lowest BCUT2D eigenvalue weighted by atomic mass is 10.2. The third-order valence-corrected chi connectivity index (χ3v) is 1.83. The van der Waals surface area contributed by atoms with Gasteiger partial charge in [0.1, 0.15) is 5.75 Å². The molecule has 0 unspecified atom stereocenters. The smallest absolute Gasteiger partial charge is 0.343 e. The molecule has 0 fully saturated rings. The number of ether oxygens (including phenoxy) is 2. The lowest BCUT2D eigenvalue weighted by Crippen LogP contribution is -2.00.